The summed E-state index contributed by atoms with van der Waals surface area (Å²) >= 11 is 0. The molecular formula is C44H29N5Pt. The van der Waals surface area contributed by atoms with Crippen molar-refractivity contribution in [1.29, 1.82) is 0 Å². The third kappa shape index (κ3) is 5.31. The van der Waals surface area contributed by atoms with Crippen molar-refractivity contribution >= 4 is 60.4 Å². The summed E-state index contributed by atoms with van der Waals surface area (Å²) in [6.07, 6.45) is 3.09. The van der Waals surface area contributed by atoms with Crippen LogP contribution in [0.15, 0.2) is 140 Å². The summed E-state index contributed by atoms with van der Waals surface area (Å²) < 4.78 is 43.5. The Balaban J connectivity index is 0.00000427. The Morgan fingerprint density at radius 3 is 1.52 bits per heavy atom. The molecule has 7 aromatic carbocycles. The van der Waals surface area contributed by atoms with Crippen molar-refractivity contribution in [1.82, 2.24) is 19.9 Å². The monoisotopic (exact) mass is 827 g/mol. The van der Waals surface area contributed by atoms with Crippen molar-refractivity contribution in [3.63, 3.8) is 0 Å². The van der Waals surface area contributed by atoms with Gasteiger partial charge in [0.25, 0.3) is 0 Å². The maximum atomic E-state index is 9.03. The van der Waals surface area contributed by atoms with Gasteiger partial charge < -0.3 is 4.90 Å². The van der Waals surface area contributed by atoms with Crippen LogP contribution in [-0.2, 0) is 21.1 Å². The van der Waals surface area contributed by atoms with Gasteiger partial charge in [0.05, 0.1) is 17.9 Å². The van der Waals surface area contributed by atoms with E-state index in [9.17, 15) is 0 Å². The van der Waals surface area contributed by atoms with Gasteiger partial charge in [-0.25, -0.2) is 9.97 Å². The summed E-state index contributed by atoms with van der Waals surface area (Å²) in [6, 6.07) is 36.4. The molecule has 0 radical (unpaired) electrons. The number of nitrogens with zero attached hydrogens (tertiary/aromatic N) is 5. The van der Waals surface area contributed by atoms with Crippen LogP contribution in [0.2, 0.25) is 0 Å². The van der Waals surface area contributed by atoms with E-state index >= 15 is 0 Å². The molecule has 0 bridgehead atoms. The van der Waals surface area contributed by atoms with Crippen molar-refractivity contribution in [2.75, 3.05) is 4.90 Å². The molecule has 0 saturated heterocycles. The minimum absolute atomic E-state index is 0. The van der Waals surface area contributed by atoms with E-state index in [0.29, 0.717) is 33.9 Å². The maximum absolute atomic E-state index is 9.03. The molecule has 50 heavy (non-hydrogen) atoms. The molecule has 0 amide bonds. The molecule has 0 fully saturated rings. The van der Waals surface area contributed by atoms with Gasteiger partial charge in [-0.05, 0) is 92.1 Å². The zero-order chi connectivity index (χ0) is 37.2. The average Bonchev–Trinajstić information content (AvgIpc) is 3.21. The van der Waals surface area contributed by atoms with Crippen LogP contribution in [-0.4, -0.2) is 19.9 Å². The number of hydrogen-bond acceptors (Lipinski definition) is 5. The van der Waals surface area contributed by atoms with E-state index in [0.717, 1.165) is 54.5 Å². The van der Waals surface area contributed by atoms with Crippen molar-refractivity contribution in [2.45, 2.75) is 13.8 Å². The first kappa shape index (κ1) is 26.1. The van der Waals surface area contributed by atoms with Crippen molar-refractivity contribution < 1.29 is 27.9 Å². The normalized spacial score (nSPS) is 12.6. The molecule has 0 spiro atoms. The SMILES string of the molecule is [2H]c1c([2H])c([2H])c(N(c2[c-]c(-c3ncnc4c(C)c5ccccc5cc34)ccc2)c2[c-]c(-c3ncnc4c(C)c5ccccc5cc34)ccc2)c([2H])c1[2H].[Pt+2]. The van der Waals surface area contributed by atoms with E-state index in [4.69, 9.17) is 16.8 Å². The summed E-state index contributed by atoms with van der Waals surface area (Å²) in [5.41, 5.74) is 7.14. The van der Waals surface area contributed by atoms with Gasteiger partial charge in [0.15, 0.2) is 0 Å². The molecule has 0 aliphatic rings. The molecular weight excluding hydrogens is 794 g/mol. The zero-order valence-corrected chi connectivity index (χ0v) is 29.2. The molecule has 0 saturated carbocycles. The Morgan fingerprint density at radius 1 is 0.540 bits per heavy atom. The fourth-order valence-corrected chi connectivity index (χ4v) is 6.76. The minimum Gasteiger partial charge on any atom is -0.346 e. The van der Waals surface area contributed by atoms with Crippen molar-refractivity contribution in [3.8, 4) is 22.5 Å². The Hall–Kier alpha value is -5.77. The second kappa shape index (κ2) is 12.9. The van der Waals surface area contributed by atoms with E-state index in [1.165, 1.54) is 0 Å². The van der Waals surface area contributed by atoms with E-state index in [1.807, 2.05) is 48.5 Å². The van der Waals surface area contributed by atoms with Crippen LogP contribution in [0.3, 0.4) is 0 Å². The first-order valence-corrected chi connectivity index (χ1v) is 15.9. The second-order valence-corrected chi connectivity index (χ2v) is 11.9. The number of aryl methyl sites for hydroxylation is 2. The van der Waals surface area contributed by atoms with E-state index < -0.39 is 18.1 Å². The number of benzene rings is 7. The fourth-order valence-electron chi connectivity index (χ4n) is 6.76. The molecule has 0 N–H and O–H groups in total. The molecule has 5 nitrogen and oxygen atoms in total. The number of fused-ring (bicyclic) bond motifs is 4. The third-order valence-corrected chi connectivity index (χ3v) is 9.07. The molecule has 6 heteroatoms. The zero-order valence-electron chi connectivity index (χ0n) is 31.9. The van der Waals surface area contributed by atoms with Crippen LogP contribution in [0.5, 0.6) is 0 Å². The van der Waals surface area contributed by atoms with E-state index in [-0.39, 0.29) is 38.8 Å². The molecule has 2 heterocycles. The van der Waals surface area contributed by atoms with Gasteiger partial charge in [-0.3, -0.25) is 9.97 Å². The first-order valence-electron chi connectivity index (χ1n) is 18.4. The van der Waals surface area contributed by atoms with Gasteiger partial charge in [0, 0.05) is 5.69 Å². The predicted octanol–water partition coefficient (Wildman–Crippen LogP) is 10.9. The van der Waals surface area contributed by atoms with Gasteiger partial charge in [-0.1, -0.05) is 78.8 Å². The number of hydrogen-bond donors (Lipinski definition) is 0. The Labute approximate surface area is 311 Å². The number of aromatic nitrogens is 4. The standard InChI is InChI=1S/C44H29N5.Pt/c1-28-37-20-8-6-12-30(37)24-39-41(28)45-26-47-43(39)32-14-10-18-35(22-32)49(34-16-4-3-5-17-34)36-19-11-15-33(23-36)44-40-25-31-13-7-9-21-38(31)29(2)42(40)46-27-48-44;/h3-21,24-27H,1-2H3;/q-2;+2/i3D,4D,5D,16D,17D;. The van der Waals surface area contributed by atoms with Crippen LogP contribution in [0.25, 0.3) is 65.9 Å². The van der Waals surface area contributed by atoms with Gasteiger partial charge >= 0.3 is 21.1 Å². The molecule has 0 aliphatic carbocycles. The smallest absolute Gasteiger partial charge is 0.346 e. The summed E-state index contributed by atoms with van der Waals surface area (Å²) in [5, 5.41) is 6.03. The summed E-state index contributed by atoms with van der Waals surface area (Å²) in [7, 11) is 0. The number of para-hydroxylation sites is 1. The van der Waals surface area contributed by atoms with E-state index in [2.05, 4.69) is 72.3 Å². The summed E-state index contributed by atoms with van der Waals surface area (Å²) in [4.78, 5) is 20.3. The van der Waals surface area contributed by atoms with Crippen LogP contribution in [0.1, 0.15) is 18.0 Å². The van der Waals surface area contributed by atoms with E-state index in [1.54, 1.807) is 29.7 Å². The number of anilines is 3. The molecule has 2 aromatic heterocycles. The predicted molar refractivity (Wildman–Crippen MR) is 200 cm³/mol. The summed E-state index contributed by atoms with van der Waals surface area (Å²) in [6.45, 7) is 4.10. The van der Waals surface area contributed by atoms with Crippen molar-refractivity contribution in [3.05, 3.63) is 163 Å². The van der Waals surface area contributed by atoms with Gasteiger partial charge in [-0.2, -0.15) is 0 Å². The Morgan fingerprint density at radius 2 is 1.02 bits per heavy atom. The maximum Gasteiger partial charge on any atom is 2.00 e. The van der Waals surface area contributed by atoms with Crippen LogP contribution >= 0.6 is 0 Å². The van der Waals surface area contributed by atoms with Crippen LogP contribution < -0.4 is 4.90 Å². The quantitative estimate of drug-likeness (QED) is 0.128. The minimum atomic E-state index is -0.478. The third-order valence-electron chi connectivity index (χ3n) is 9.07. The molecule has 240 valence electrons. The molecule has 0 aliphatic heterocycles. The Bertz CT molecular complexity index is 2810. The second-order valence-electron chi connectivity index (χ2n) is 11.9. The van der Waals surface area contributed by atoms with Gasteiger partial charge in [-0.15, -0.1) is 59.7 Å². The molecule has 0 unspecified atom stereocenters. The average molecular weight is 828 g/mol. The summed E-state index contributed by atoms with van der Waals surface area (Å²) in [5.74, 6) is 0. The fraction of sp³-hybridized carbons (Fsp3) is 0.0455. The number of rotatable bonds is 5. The topological polar surface area (TPSA) is 54.8 Å². The molecule has 9 aromatic rings. The Kier molecular flexibility index (Phi) is 6.76. The van der Waals surface area contributed by atoms with Gasteiger partial charge in [0.1, 0.15) is 12.7 Å². The van der Waals surface area contributed by atoms with Crippen LogP contribution in [0, 0.1) is 26.0 Å². The van der Waals surface area contributed by atoms with Crippen molar-refractivity contribution in [2.24, 2.45) is 0 Å². The van der Waals surface area contributed by atoms with Gasteiger partial charge in [0.2, 0.25) is 0 Å². The largest absolute Gasteiger partial charge is 2.00 e. The first-order chi connectivity index (χ1) is 26.2. The molecule has 9 rings (SSSR count). The van der Waals surface area contributed by atoms with Crippen LogP contribution in [0.4, 0.5) is 17.1 Å². The molecule has 0 atom stereocenters.